The standard InChI is InChI=1S/C24H25NO6/c1-27-20-13-16(14-21(28-2)22(20)29-3)10-11-17-12-19(23(30-4)25-15-17)24(26)31-18-8-6-5-7-9-18/h5-9,12-15H,10-11H2,1-4H3. The van der Waals surface area contributed by atoms with Gasteiger partial charge >= 0.3 is 5.97 Å². The number of aromatic nitrogens is 1. The SMILES string of the molecule is COc1cc(CCc2cnc(OC)c(C(=O)Oc3ccccc3)c2)cc(OC)c1OC. The first-order valence-electron chi connectivity index (χ1n) is 9.68. The maximum atomic E-state index is 12.7. The second-order valence-electron chi connectivity index (χ2n) is 6.64. The number of carbonyl (C=O) groups is 1. The maximum Gasteiger partial charge on any atom is 0.349 e. The molecule has 7 nitrogen and oxygen atoms in total. The first kappa shape index (κ1) is 22.0. The van der Waals surface area contributed by atoms with Crippen LogP contribution in [-0.2, 0) is 12.8 Å². The summed E-state index contributed by atoms with van der Waals surface area (Å²) in [6, 6.07) is 14.4. The van der Waals surface area contributed by atoms with Crippen molar-refractivity contribution in [3.8, 4) is 28.9 Å². The fraction of sp³-hybridized carbons (Fsp3) is 0.250. The molecule has 31 heavy (non-hydrogen) atoms. The van der Waals surface area contributed by atoms with Crippen molar-refractivity contribution in [2.45, 2.75) is 12.8 Å². The first-order valence-corrected chi connectivity index (χ1v) is 9.68. The van der Waals surface area contributed by atoms with Crippen LogP contribution in [0.25, 0.3) is 0 Å². The Morgan fingerprint density at radius 1 is 0.806 bits per heavy atom. The van der Waals surface area contributed by atoms with Gasteiger partial charge < -0.3 is 23.7 Å². The van der Waals surface area contributed by atoms with Gasteiger partial charge in [0.25, 0.3) is 0 Å². The van der Waals surface area contributed by atoms with E-state index in [4.69, 9.17) is 23.7 Å². The predicted octanol–water partition coefficient (Wildman–Crippen LogP) is 4.12. The number of methoxy groups -OCH3 is 4. The third-order valence-corrected chi connectivity index (χ3v) is 4.70. The molecule has 0 bridgehead atoms. The zero-order valence-electron chi connectivity index (χ0n) is 18.0. The summed E-state index contributed by atoms with van der Waals surface area (Å²) in [5.74, 6) is 1.89. The normalized spacial score (nSPS) is 10.3. The number of aryl methyl sites for hydroxylation is 2. The summed E-state index contributed by atoms with van der Waals surface area (Å²) >= 11 is 0. The van der Waals surface area contributed by atoms with E-state index in [2.05, 4.69) is 4.98 Å². The molecule has 0 spiro atoms. The maximum absolute atomic E-state index is 12.7. The molecule has 0 amide bonds. The molecular weight excluding hydrogens is 398 g/mol. The highest BCUT2D eigenvalue weighted by Gasteiger charge is 2.18. The molecule has 1 heterocycles. The lowest BCUT2D eigenvalue weighted by molar-refractivity contribution is 0.0730. The van der Waals surface area contributed by atoms with E-state index in [0.29, 0.717) is 35.8 Å². The van der Waals surface area contributed by atoms with E-state index in [0.717, 1.165) is 11.1 Å². The van der Waals surface area contributed by atoms with E-state index in [9.17, 15) is 4.79 Å². The van der Waals surface area contributed by atoms with E-state index >= 15 is 0 Å². The van der Waals surface area contributed by atoms with E-state index in [1.807, 2.05) is 18.2 Å². The molecule has 162 valence electrons. The van der Waals surface area contributed by atoms with Crippen molar-refractivity contribution in [1.82, 2.24) is 4.98 Å². The van der Waals surface area contributed by atoms with Gasteiger partial charge in [0.15, 0.2) is 11.5 Å². The van der Waals surface area contributed by atoms with Gasteiger partial charge in [-0.25, -0.2) is 9.78 Å². The van der Waals surface area contributed by atoms with Gasteiger partial charge in [0.2, 0.25) is 11.6 Å². The number of carbonyl (C=O) groups excluding carboxylic acids is 1. The number of rotatable bonds is 9. The number of pyridine rings is 1. The lowest BCUT2D eigenvalue weighted by atomic mass is 10.0. The van der Waals surface area contributed by atoms with Crippen LogP contribution in [0.1, 0.15) is 21.5 Å². The predicted molar refractivity (Wildman–Crippen MR) is 116 cm³/mol. The van der Waals surface area contributed by atoms with E-state index < -0.39 is 5.97 Å². The van der Waals surface area contributed by atoms with Crippen LogP contribution in [0, 0.1) is 0 Å². The third-order valence-electron chi connectivity index (χ3n) is 4.70. The first-order chi connectivity index (χ1) is 15.1. The second-order valence-corrected chi connectivity index (χ2v) is 6.64. The van der Waals surface area contributed by atoms with Crippen molar-refractivity contribution in [2.75, 3.05) is 28.4 Å². The molecule has 0 aliphatic rings. The second kappa shape index (κ2) is 10.3. The van der Waals surface area contributed by atoms with Gasteiger partial charge in [0, 0.05) is 6.20 Å². The van der Waals surface area contributed by atoms with Gasteiger partial charge in [-0.05, 0) is 54.3 Å². The number of nitrogens with zero attached hydrogens (tertiary/aromatic N) is 1. The van der Waals surface area contributed by atoms with Crippen molar-refractivity contribution in [2.24, 2.45) is 0 Å². The van der Waals surface area contributed by atoms with Gasteiger partial charge in [-0.1, -0.05) is 18.2 Å². The fourth-order valence-corrected chi connectivity index (χ4v) is 3.16. The highest BCUT2D eigenvalue weighted by molar-refractivity contribution is 5.93. The highest BCUT2D eigenvalue weighted by atomic mass is 16.5. The van der Waals surface area contributed by atoms with Crippen molar-refractivity contribution in [3.63, 3.8) is 0 Å². The zero-order chi connectivity index (χ0) is 22.2. The molecule has 2 aromatic carbocycles. The number of hydrogen-bond donors (Lipinski definition) is 0. The molecule has 0 N–H and O–H groups in total. The van der Waals surface area contributed by atoms with E-state index in [1.165, 1.54) is 7.11 Å². The van der Waals surface area contributed by atoms with Crippen molar-refractivity contribution >= 4 is 5.97 Å². The van der Waals surface area contributed by atoms with Gasteiger partial charge in [-0.2, -0.15) is 0 Å². The lowest BCUT2D eigenvalue weighted by Gasteiger charge is -2.14. The Balaban J connectivity index is 1.80. The van der Waals surface area contributed by atoms with E-state index in [-0.39, 0.29) is 11.4 Å². The lowest BCUT2D eigenvalue weighted by Crippen LogP contribution is -2.12. The Morgan fingerprint density at radius 2 is 1.45 bits per heavy atom. The summed E-state index contributed by atoms with van der Waals surface area (Å²) in [5.41, 5.74) is 2.14. The quantitative estimate of drug-likeness (QED) is 0.378. The van der Waals surface area contributed by atoms with Crippen LogP contribution in [0.15, 0.2) is 54.7 Å². The number of benzene rings is 2. The summed E-state index contributed by atoms with van der Waals surface area (Å²) in [6.07, 6.45) is 3.01. The van der Waals surface area contributed by atoms with Crippen molar-refractivity contribution in [1.29, 1.82) is 0 Å². The monoisotopic (exact) mass is 423 g/mol. The molecule has 7 heteroatoms. The average Bonchev–Trinajstić information content (AvgIpc) is 2.82. The average molecular weight is 423 g/mol. The summed E-state index contributed by atoms with van der Waals surface area (Å²) in [6.45, 7) is 0. The molecular formula is C24H25NO6. The summed E-state index contributed by atoms with van der Waals surface area (Å²) in [5, 5.41) is 0. The molecule has 1 aromatic heterocycles. The molecule has 0 atom stereocenters. The number of ether oxygens (including phenoxy) is 5. The van der Waals surface area contributed by atoms with Crippen molar-refractivity contribution < 1.29 is 28.5 Å². The molecule has 0 aliphatic heterocycles. The van der Waals surface area contributed by atoms with Crippen molar-refractivity contribution in [3.05, 3.63) is 71.4 Å². The Kier molecular flexibility index (Phi) is 7.32. The van der Waals surface area contributed by atoms with Crippen LogP contribution < -0.4 is 23.7 Å². The minimum absolute atomic E-state index is 0.220. The van der Waals surface area contributed by atoms with Crippen LogP contribution >= 0.6 is 0 Å². The number of hydrogen-bond acceptors (Lipinski definition) is 7. The Bertz CT molecular complexity index is 1010. The smallest absolute Gasteiger partial charge is 0.349 e. The molecule has 0 aliphatic carbocycles. The van der Waals surface area contributed by atoms with E-state index in [1.54, 1.807) is 57.9 Å². The van der Waals surface area contributed by atoms with Crippen LogP contribution in [0.5, 0.6) is 28.9 Å². The zero-order valence-corrected chi connectivity index (χ0v) is 18.0. The van der Waals surface area contributed by atoms with Gasteiger partial charge in [0.1, 0.15) is 11.3 Å². The molecule has 0 saturated carbocycles. The summed E-state index contributed by atoms with van der Waals surface area (Å²) in [7, 11) is 6.20. The largest absolute Gasteiger partial charge is 0.493 e. The molecule has 3 rings (SSSR count). The third kappa shape index (κ3) is 5.25. The highest BCUT2D eigenvalue weighted by Crippen LogP contribution is 2.38. The summed E-state index contributed by atoms with van der Waals surface area (Å²) < 4.78 is 26.9. The van der Waals surface area contributed by atoms with Crippen LogP contribution in [-0.4, -0.2) is 39.4 Å². The minimum Gasteiger partial charge on any atom is -0.493 e. The van der Waals surface area contributed by atoms with Crippen LogP contribution in [0.3, 0.4) is 0 Å². The van der Waals surface area contributed by atoms with Crippen LogP contribution in [0.2, 0.25) is 0 Å². The molecule has 3 aromatic rings. The topological polar surface area (TPSA) is 76.1 Å². The van der Waals surface area contributed by atoms with Crippen LogP contribution in [0.4, 0.5) is 0 Å². The Morgan fingerprint density at radius 3 is 2.03 bits per heavy atom. The Hall–Kier alpha value is -3.74. The van der Waals surface area contributed by atoms with Gasteiger partial charge in [-0.3, -0.25) is 0 Å². The number of para-hydroxylation sites is 1. The van der Waals surface area contributed by atoms with Gasteiger partial charge in [-0.15, -0.1) is 0 Å². The minimum atomic E-state index is -0.523. The summed E-state index contributed by atoms with van der Waals surface area (Å²) in [4.78, 5) is 16.9. The Labute approximate surface area is 181 Å². The molecule has 0 radical (unpaired) electrons. The number of esters is 1. The molecule has 0 fully saturated rings. The van der Waals surface area contributed by atoms with Gasteiger partial charge in [0.05, 0.1) is 28.4 Å². The molecule has 0 unspecified atom stereocenters. The molecule has 0 saturated heterocycles. The fourth-order valence-electron chi connectivity index (χ4n) is 3.16.